The van der Waals surface area contributed by atoms with Gasteiger partial charge in [-0.05, 0) is 36.8 Å². The molecule has 134 valence electrons. The quantitative estimate of drug-likeness (QED) is 0.527. The number of aromatic nitrogens is 5. The van der Waals surface area contributed by atoms with Crippen molar-refractivity contribution in [3.63, 3.8) is 0 Å². The van der Waals surface area contributed by atoms with Gasteiger partial charge in [0.15, 0.2) is 5.82 Å². The lowest BCUT2D eigenvalue weighted by atomic mass is 10.1. The van der Waals surface area contributed by atoms with Crippen molar-refractivity contribution in [2.45, 2.75) is 18.6 Å². The van der Waals surface area contributed by atoms with Crippen LogP contribution in [0.4, 0.5) is 0 Å². The molecule has 0 saturated carbocycles. The normalized spacial score (nSPS) is 13.6. The standard InChI is InChI=1S/C19H15ClN6S/c1-12-21-15-4-2-3-5-17(15)25(12)10-18-22-23-19-26(18)24-16(11-27-19)13-6-8-14(20)9-7-13/h2-9H,10-11H2,1H3. The SMILES string of the molecule is Cc1nc2ccccc2n1Cc1nnc2n1N=C(c1ccc(Cl)cc1)CS2. The fourth-order valence-corrected chi connectivity index (χ4v) is 4.17. The van der Waals surface area contributed by atoms with Gasteiger partial charge in [0.25, 0.3) is 0 Å². The number of fused-ring (bicyclic) bond motifs is 2. The summed E-state index contributed by atoms with van der Waals surface area (Å²) in [6, 6.07) is 15.9. The van der Waals surface area contributed by atoms with Crippen LogP contribution in [-0.4, -0.2) is 35.9 Å². The monoisotopic (exact) mass is 394 g/mol. The second kappa shape index (κ2) is 6.51. The van der Waals surface area contributed by atoms with Gasteiger partial charge >= 0.3 is 0 Å². The largest absolute Gasteiger partial charge is 0.320 e. The van der Waals surface area contributed by atoms with E-state index in [2.05, 4.69) is 25.8 Å². The number of para-hydroxylation sites is 2. The first kappa shape index (κ1) is 16.5. The van der Waals surface area contributed by atoms with Crippen molar-refractivity contribution in [1.82, 2.24) is 24.4 Å². The van der Waals surface area contributed by atoms with Crippen LogP contribution in [0, 0.1) is 6.92 Å². The fraction of sp³-hybridized carbons (Fsp3) is 0.158. The summed E-state index contributed by atoms with van der Waals surface area (Å²) >= 11 is 7.64. The average molecular weight is 395 g/mol. The molecule has 0 bridgehead atoms. The van der Waals surface area contributed by atoms with E-state index in [-0.39, 0.29) is 0 Å². The molecule has 0 unspecified atom stereocenters. The van der Waals surface area contributed by atoms with Crippen molar-refractivity contribution in [3.8, 4) is 0 Å². The Balaban J connectivity index is 1.54. The third kappa shape index (κ3) is 2.93. The van der Waals surface area contributed by atoms with E-state index in [1.807, 2.05) is 54.1 Å². The van der Waals surface area contributed by atoms with Crippen molar-refractivity contribution >= 4 is 40.1 Å². The lowest BCUT2D eigenvalue weighted by Crippen LogP contribution is -2.16. The van der Waals surface area contributed by atoms with Crippen LogP contribution in [0.2, 0.25) is 5.02 Å². The molecule has 0 radical (unpaired) electrons. The number of hydrogen-bond acceptors (Lipinski definition) is 5. The Morgan fingerprint density at radius 3 is 2.74 bits per heavy atom. The number of imidazole rings is 1. The first-order chi connectivity index (χ1) is 13.2. The first-order valence-corrected chi connectivity index (χ1v) is 9.88. The minimum absolute atomic E-state index is 0.567. The van der Waals surface area contributed by atoms with Gasteiger partial charge in [0, 0.05) is 10.8 Å². The van der Waals surface area contributed by atoms with E-state index >= 15 is 0 Å². The molecule has 27 heavy (non-hydrogen) atoms. The summed E-state index contributed by atoms with van der Waals surface area (Å²) in [5, 5.41) is 15.0. The van der Waals surface area contributed by atoms with Gasteiger partial charge in [-0.2, -0.15) is 9.78 Å². The van der Waals surface area contributed by atoms with E-state index in [1.165, 1.54) is 0 Å². The maximum absolute atomic E-state index is 6.00. The Morgan fingerprint density at radius 2 is 1.89 bits per heavy atom. The summed E-state index contributed by atoms with van der Waals surface area (Å²) in [6.07, 6.45) is 0. The van der Waals surface area contributed by atoms with Gasteiger partial charge in [0.1, 0.15) is 5.82 Å². The third-order valence-electron chi connectivity index (χ3n) is 4.56. The topological polar surface area (TPSA) is 60.9 Å². The lowest BCUT2D eigenvalue weighted by molar-refractivity contribution is 0.658. The Labute approximate surface area is 164 Å². The number of halogens is 1. The van der Waals surface area contributed by atoms with Crippen LogP contribution in [0.1, 0.15) is 17.2 Å². The molecule has 0 saturated heterocycles. The molecule has 3 heterocycles. The Kier molecular flexibility index (Phi) is 3.98. The highest BCUT2D eigenvalue weighted by Gasteiger charge is 2.21. The van der Waals surface area contributed by atoms with Crippen LogP contribution in [0.5, 0.6) is 0 Å². The second-order valence-corrected chi connectivity index (χ2v) is 7.67. The molecule has 2 aromatic heterocycles. The number of rotatable bonds is 3. The van der Waals surface area contributed by atoms with Gasteiger partial charge in [-0.15, -0.1) is 10.2 Å². The highest BCUT2D eigenvalue weighted by atomic mass is 35.5. The maximum Gasteiger partial charge on any atom is 0.212 e. The summed E-state index contributed by atoms with van der Waals surface area (Å²) in [5.74, 6) is 2.49. The molecule has 8 heteroatoms. The smallest absolute Gasteiger partial charge is 0.212 e. The highest BCUT2D eigenvalue weighted by molar-refractivity contribution is 7.99. The van der Waals surface area contributed by atoms with Crippen molar-refractivity contribution in [1.29, 1.82) is 0 Å². The fourth-order valence-electron chi connectivity index (χ4n) is 3.19. The van der Waals surface area contributed by atoms with Gasteiger partial charge in [0.05, 0.1) is 23.3 Å². The number of thioether (sulfide) groups is 1. The number of aryl methyl sites for hydroxylation is 1. The zero-order chi connectivity index (χ0) is 18.4. The van der Waals surface area contributed by atoms with E-state index in [0.29, 0.717) is 6.54 Å². The highest BCUT2D eigenvalue weighted by Crippen LogP contribution is 2.26. The van der Waals surface area contributed by atoms with Crippen molar-refractivity contribution < 1.29 is 0 Å². The molecule has 1 aliphatic heterocycles. The number of benzene rings is 2. The second-order valence-electron chi connectivity index (χ2n) is 6.29. The summed E-state index contributed by atoms with van der Waals surface area (Å²) in [6.45, 7) is 2.57. The number of nitrogens with zero attached hydrogens (tertiary/aromatic N) is 6. The van der Waals surface area contributed by atoms with Crippen LogP contribution < -0.4 is 0 Å². The number of hydrogen-bond donors (Lipinski definition) is 0. The molecule has 6 nitrogen and oxygen atoms in total. The maximum atomic E-state index is 6.00. The summed E-state index contributed by atoms with van der Waals surface area (Å²) in [7, 11) is 0. The van der Waals surface area contributed by atoms with Crippen molar-refractivity contribution in [2.75, 3.05) is 5.75 Å². The first-order valence-electron chi connectivity index (χ1n) is 8.52. The lowest BCUT2D eigenvalue weighted by Gasteiger charge is -2.14. The Hall–Kier alpha value is -2.64. The minimum Gasteiger partial charge on any atom is -0.320 e. The molecule has 2 aromatic carbocycles. The van der Waals surface area contributed by atoms with Gasteiger partial charge in [0.2, 0.25) is 5.16 Å². The molecule has 4 aromatic rings. The van der Waals surface area contributed by atoms with Crippen molar-refractivity contribution in [3.05, 3.63) is 70.8 Å². The molecular formula is C19H15ClN6S. The molecule has 0 fully saturated rings. The summed E-state index contributed by atoms with van der Waals surface area (Å²) in [5.41, 5.74) is 4.10. The van der Waals surface area contributed by atoms with Crippen LogP contribution in [-0.2, 0) is 6.54 Å². The molecule has 0 atom stereocenters. The Morgan fingerprint density at radius 1 is 1.07 bits per heavy atom. The van der Waals surface area contributed by atoms with Crippen LogP contribution in [0.25, 0.3) is 11.0 Å². The molecule has 1 aliphatic rings. The van der Waals surface area contributed by atoms with E-state index in [4.69, 9.17) is 16.7 Å². The van der Waals surface area contributed by atoms with Crippen LogP contribution >= 0.6 is 23.4 Å². The van der Waals surface area contributed by atoms with E-state index < -0.39 is 0 Å². The van der Waals surface area contributed by atoms with Crippen LogP contribution in [0.3, 0.4) is 0 Å². The predicted molar refractivity (Wildman–Crippen MR) is 108 cm³/mol. The van der Waals surface area contributed by atoms with E-state index in [9.17, 15) is 0 Å². The van der Waals surface area contributed by atoms with Crippen LogP contribution in [0.15, 0.2) is 58.8 Å². The third-order valence-corrected chi connectivity index (χ3v) is 5.74. The van der Waals surface area contributed by atoms with Gasteiger partial charge < -0.3 is 4.57 Å². The molecular weight excluding hydrogens is 380 g/mol. The molecule has 0 N–H and O–H groups in total. The predicted octanol–water partition coefficient (Wildman–Crippen LogP) is 4.00. The molecule has 0 amide bonds. The summed E-state index contributed by atoms with van der Waals surface area (Å²) in [4.78, 5) is 4.63. The minimum atomic E-state index is 0.567. The summed E-state index contributed by atoms with van der Waals surface area (Å²) < 4.78 is 3.98. The molecule has 0 aliphatic carbocycles. The van der Waals surface area contributed by atoms with Gasteiger partial charge in [-0.25, -0.2) is 4.98 Å². The van der Waals surface area contributed by atoms with E-state index in [1.54, 1.807) is 11.8 Å². The molecule has 0 spiro atoms. The Bertz CT molecular complexity index is 1170. The zero-order valence-electron chi connectivity index (χ0n) is 14.5. The van der Waals surface area contributed by atoms with Crippen molar-refractivity contribution in [2.24, 2.45) is 5.10 Å². The molecule has 5 rings (SSSR count). The van der Waals surface area contributed by atoms with Gasteiger partial charge in [-0.1, -0.05) is 47.6 Å². The van der Waals surface area contributed by atoms with Gasteiger partial charge in [-0.3, -0.25) is 0 Å². The van der Waals surface area contributed by atoms with E-state index in [0.717, 1.165) is 49.9 Å². The average Bonchev–Trinajstić information content (AvgIpc) is 3.23. The zero-order valence-corrected chi connectivity index (χ0v) is 16.1.